The number of hydrogen-bond acceptors (Lipinski definition) is 5. The highest BCUT2D eigenvalue weighted by molar-refractivity contribution is 6.02. The highest BCUT2D eigenvalue weighted by Crippen LogP contribution is 2.34. The predicted molar refractivity (Wildman–Crippen MR) is 124 cm³/mol. The second-order valence-electron chi connectivity index (χ2n) is 8.36. The van der Waals surface area contributed by atoms with E-state index in [1.165, 1.54) is 9.80 Å². The van der Waals surface area contributed by atoms with Crippen molar-refractivity contribution in [3.8, 4) is 5.75 Å². The summed E-state index contributed by atoms with van der Waals surface area (Å²) in [5.74, 6) is -0.767. The lowest BCUT2D eigenvalue weighted by Gasteiger charge is -2.31. The Kier molecular flexibility index (Phi) is 4.62. The maximum Gasteiger partial charge on any atom is 0.255 e. The van der Waals surface area contributed by atoms with Crippen LogP contribution in [0.3, 0.4) is 0 Å². The quantitative estimate of drug-likeness (QED) is 0.706. The molecule has 0 aromatic heterocycles. The Balaban J connectivity index is 1.40. The number of morpholine rings is 1. The number of nitrogens with one attached hydrogen (secondary N) is 1. The van der Waals surface area contributed by atoms with Gasteiger partial charge in [-0.2, -0.15) is 0 Å². The fourth-order valence-electron chi connectivity index (χ4n) is 4.26. The van der Waals surface area contributed by atoms with Crippen molar-refractivity contribution in [3.05, 3.63) is 76.9 Å². The number of fused-ring (bicyclic) bond motifs is 1. The molecule has 0 radical (unpaired) electrons. The molecule has 0 bridgehead atoms. The zero-order valence-electron chi connectivity index (χ0n) is 23.5. The van der Waals surface area contributed by atoms with Gasteiger partial charge in [-0.25, -0.2) is 0 Å². The average molecular weight is 467 g/mol. The van der Waals surface area contributed by atoms with Crippen LogP contribution >= 0.6 is 0 Å². The molecule has 2 aromatic rings. The SMILES string of the molecule is [2H]c1c([2H])c(C([2H])Oc2cccc3c2CN(C2CCC(=C)NC2=O)C3=O)c([2H])c([2H])c1CN1CCOCC1=O. The van der Waals surface area contributed by atoms with Crippen LogP contribution < -0.4 is 10.1 Å². The lowest BCUT2D eigenvalue weighted by atomic mass is 10.0. The van der Waals surface area contributed by atoms with Crippen LogP contribution in [0.2, 0.25) is 0 Å². The van der Waals surface area contributed by atoms with E-state index in [4.69, 9.17) is 16.3 Å². The fraction of sp³-hybridized carbons (Fsp3) is 0.346. The number of rotatable bonds is 6. The zero-order chi connectivity index (χ0) is 28.0. The van der Waals surface area contributed by atoms with Crippen molar-refractivity contribution >= 4 is 17.7 Å². The lowest BCUT2D eigenvalue weighted by molar-refractivity contribution is -0.143. The molecule has 2 saturated heterocycles. The summed E-state index contributed by atoms with van der Waals surface area (Å²) >= 11 is 0. The standard InChI is InChI=1S/C26H27N3O5/c1-17-5-10-22(25(31)27-17)29-14-21-20(26(29)32)3-2-4-23(21)34-15-19-8-6-18(7-9-19)13-28-11-12-33-16-24(28)30/h2-4,6-9,22H,1,5,10-16H2,(H,27,31)/i6D,7D,8D,9D,15D. The summed E-state index contributed by atoms with van der Waals surface area (Å²) in [6.07, 6.45) is 0.987. The van der Waals surface area contributed by atoms with E-state index in [0.717, 1.165) is 0 Å². The van der Waals surface area contributed by atoms with Gasteiger partial charge in [-0.15, -0.1) is 0 Å². The first-order chi connectivity index (χ1) is 18.6. The van der Waals surface area contributed by atoms with Gasteiger partial charge in [0.25, 0.3) is 5.91 Å². The predicted octanol–water partition coefficient (Wildman–Crippen LogP) is 2.37. The van der Waals surface area contributed by atoms with Crippen LogP contribution in [0.1, 0.15) is 46.7 Å². The van der Waals surface area contributed by atoms with Gasteiger partial charge in [0.2, 0.25) is 11.8 Å². The molecule has 8 heteroatoms. The first-order valence-corrected chi connectivity index (χ1v) is 11.0. The summed E-state index contributed by atoms with van der Waals surface area (Å²) in [6.45, 7) is 2.60. The number of ether oxygens (including phenoxy) is 2. The van der Waals surface area contributed by atoms with Crippen molar-refractivity contribution in [2.75, 3.05) is 19.8 Å². The first kappa shape index (κ1) is 16.9. The Morgan fingerprint density at radius 3 is 2.76 bits per heavy atom. The van der Waals surface area contributed by atoms with E-state index in [9.17, 15) is 14.4 Å². The molecule has 5 rings (SSSR count). The molecule has 3 amide bonds. The van der Waals surface area contributed by atoms with E-state index in [1.807, 2.05) is 0 Å². The van der Waals surface area contributed by atoms with Crippen LogP contribution in [0.25, 0.3) is 0 Å². The maximum absolute atomic E-state index is 13.1. The largest absolute Gasteiger partial charge is 0.489 e. The van der Waals surface area contributed by atoms with Crippen molar-refractivity contribution < 1.29 is 30.7 Å². The average Bonchev–Trinajstić information content (AvgIpc) is 3.23. The molecule has 34 heavy (non-hydrogen) atoms. The first-order valence-electron chi connectivity index (χ1n) is 13.6. The number of hydrogen-bond donors (Lipinski definition) is 1. The molecule has 2 unspecified atom stereocenters. The summed E-state index contributed by atoms with van der Waals surface area (Å²) in [5, 5.41) is 2.68. The Labute approximate surface area is 205 Å². The van der Waals surface area contributed by atoms with E-state index in [1.54, 1.807) is 18.2 Å². The molecule has 1 N–H and O–H groups in total. The van der Waals surface area contributed by atoms with E-state index in [0.29, 0.717) is 36.3 Å². The number of carbonyl (C=O) groups is 3. The molecule has 176 valence electrons. The normalized spacial score (nSPS) is 23.4. The smallest absolute Gasteiger partial charge is 0.255 e. The second-order valence-corrected chi connectivity index (χ2v) is 8.36. The van der Waals surface area contributed by atoms with E-state index < -0.39 is 24.7 Å². The number of carbonyl (C=O) groups excluding carboxylic acids is 3. The molecule has 2 fully saturated rings. The third-order valence-electron chi connectivity index (χ3n) is 6.08. The molecule has 2 aromatic carbocycles. The van der Waals surface area contributed by atoms with Crippen molar-refractivity contribution in [2.45, 2.75) is 38.6 Å². The van der Waals surface area contributed by atoms with E-state index in [2.05, 4.69) is 11.9 Å². The van der Waals surface area contributed by atoms with Gasteiger partial charge in [-0.05, 0) is 36.1 Å². The lowest BCUT2D eigenvalue weighted by Crippen LogP contribution is -2.49. The summed E-state index contributed by atoms with van der Waals surface area (Å²) in [6, 6.07) is 2.52. The number of allylic oxidation sites excluding steroid dienone is 1. The second kappa shape index (κ2) is 9.30. The van der Waals surface area contributed by atoms with Gasteiger partial charge in [-0.3, -0.25) is 14.4 Å². The fourth-order valence-corrected chi connectivity index (χ4v) is 4.26. The molecule has 2 atom stereocenters. The Morgan fingerprint density at radius 2 is 2.00 bits per heavy atom. The molecular weight excluding hydrogens is 434 g/mol. The van der Waals surface area contributed by atoms with E-state index >= 15 is 0 Å². The Hall–Kier alpha value is -3.65. The third kappa shape index (κ3) is 4.41. The molecule has 0 aliphatic carbocycles. The van der Waals surface area contributed by atoms with Gasteiger partial charge in [0.15, 0.2) is 0 Å². The zero-order valence-corrected chi connectivity index (χ0v) is 18.5. The number of nitrogens with zero attached hydrogens (tertiary/aromatic N) is 2. The highest BCUT2D eigenvalue weighted by atomic mass is 16.5. The van der Waals surface area contributed by atoms with Crippen LogP contribution in [0, 0.1) is 0 Å². The van der Waals surface area contributed by atoms with Crippen molar-refractivity contribution in [1.29, 1.82) is 0 Å². The van der Waals surface area contributed by atoms with Crippen LogP contribution in [0.4, 0.5) is 0 Å². The molecule has 3 heterocycles. The van der Waals surface area contributed by atoms with Gasteiger partial charge < -0.3 is 24.6 Å². The minimum atomic E-state index is -1.63. The van der Waals surface area contributed by atoms with Gasteiger partial charge in [0.1, 0.15) is 25.0 Å². The Morgan fingerprint density at radius 1 is 1.21 bits per heavy atom. The summed E-state index contributed by atoms with van der Waals surface area (Å²) in [7, 11) is 0. The highest BCUT2D eigenvalue weighted by Gasteiger charge is 2.39. The van der Waals surface area contributed by atoms with E-state index in [-0.39, 0.29) is 72.9 Å². The van der Waals surface area contributed by atoms with Gasteiger partial charge in [0.05, 0.1) is 20.0 Å². The molecular formula is C26H27N3O5. The van der Waals surface area contributed by atoms with Gasteiger partial charge in [-0.1, -0.05) is 36.8 Å². The molecule has 0 spiro atoms. The van der Waals surface area contributed by atoms with Crippen LogP contribution in [-0.2, 0) is 34.0 Å². The van der Waals surface area contributed by atoms with Crippen molar-refractivity contribution in [2.24, 2.45) is 0 Å². The number of benzene rings is 2. The van der Waals surface area contributed by atoms with Crippen LogP contribution in [0.5, 0.6) is 5.75 Å². The molecule has 3 aliphatic heterocycles. The number of amides is 3. The van der Waals surface area contributed by atoms with Crippen molar-refractivity contribution in [1.82, 2.24) is 15.1 Å². The van der Waals surface area contributed by atoms with Crippen LogP contribution in [-0.4, -0.2) is 53.3 Å². The minimum absolute atomic E-state index is 0.0477. The molecule has 8 nitrogen and oxygen atoms in total. The Bertz CT molecular complexity index is 1370. The topological polar surface area (TPSA) is 88.2 Å². The summed E-state index contributed by atoms with van der Waals surface area (Å²) in [5.41, 5.74) is 1.21. The monoisotopic (exact) mass is 466 g/mol. The summed E-state index contributed by atoms with van der Waals surface area (Å²) in [4.78, 5) is 40.6. The van der Waals surface area contributed by atoms with Gasteiger partial charge in [0, 0.05) is 29.9 Å². The van der Waals surface area contributed by atoms with Gasteiger partial charge >= 0.3 is 0 Å². The third-order valence-corrected chi connectivity index (χ3v) is 6.08. The molecule has 3 aliphatic rings. The summed E-state index contributed by atoms with van der Waals surface area (Å²) < 4.78 is 53.5. The minimum Gasteiger partial charge on any atom is -0.489 e. The van der Waals surface area contributed by atoms with Crippen LogP contribution in [0.15, 0.2) is 54.6 Å². The maximum atomic E-state index is 13.1. The van der Waals surface area contributed by atoms with Crippen molar-refractivity contribution in [3.63, 3.8) is 0 Å². The number of piperidine rings is 1. The molecule has 0 saturated carbocycles.